The van der Waals surface area contributed by atoms with E-state index in [9.17, 15) is 0 Å². The zero-order chi connectivity index (χ0) is 15.9. The third kappa shape index (κ3) is 1.88. The van der Waals surface area contributed by atoms with Crippen LogP contribution >= 0.6 is 0 Å². The number of nitrogens with zero attached hydrogens (tertiary/aromatic N) is 3. The first-order valence-electron chi connectivity index (χ1n) is 7.88. The van der Waals surface area contributed by atoms with Crippen molar-refractivity contribution in [3.8, 4) is 11.1 Å². The molecule has 0 fully saturated rings. The van der Waals surface area contributed by atoms with E-state index in [0.29, 0.717) is 0 Å². The highest BCUT2D eigenvalue weighted by atomic mass is 14.7. The fourth-order valence-corrected chi connectivity index (χ4v) is 3.31. The van der Waals surface area contributed by atoms with Crippen LogP contribution in [-0.4, -0.2) is 15.0 Å². The molecule has 3 nitrogen and oxygen atoms in total. The normalized spacial score (nSPS) is 11.3. The predicted octanol–water partition coefficient (Wildman–Crippen LogP) is 5.00. The second-order valence-electron chi connectivity index (χ2n) is 5.78. The van der Waals surface area contributed by atoms with Crippen molar-refractivity contribution in [2.75, 3.05) is 0 Å². The quantitative estimate of drug-likeness (QED) is 0.323. The predicted molar refractivity (Wildman–Crippen MR) is 97.8 cm³/mol. The average Bonchev–Trinajstić information content (AvgIpc) is 2.67. The molecule has 0 atom stereocenters. The summed E-state index contributed by atoms with van der Waals surface area (Å²) < 4.78 is 0. The van der Waals surface area contributed by atoms with E-state index in [4.69, 9.17) is 4.98 Å². The second-order valence-corrected chi connectivity index (χ2v) is 5.78. The molecule has 0 amide bonds. The van der Waals surface area contributed by atoms with Gasteiger partial charge in [0.2, 0.25) is 0 Å². The highest BCUT2D eigenvalue weighted by Crippen LogP contribution is 2.36. The van der Waals surface area contributed by atoms with Crippen LogP contribution in [0.25, 0.3) is 43.8 Å². The van der Waals surface area contributed by atoms with Crippen LogP contribution in [-0.2, 0) is 0 Å². The van der Waals surface area contributed by atoms with E-state index in [1.165, 1.54) is 0 Å². The van der Waals surface area contributed by atoms with Gasteiger partial charge in [0, 0.05) is 45.9 Å². The molecule has 0 radical (unpaired) electrons. The van der Waals surface area contributed by atoms with Gasteiger partial charge in [0.1, 0.15) is 0 Å². The third-order valence-corrected chi connectivity index (χ3v) is 4.37. The second kappa shape index (κ2) is 5.10. The molecule has 3 aromatic heterocycles. The molecule has 5 rings (SSSR count). The molecular formula is C21H13N3. The van der Waals surface area contributed by atoms with Gasteiger partial charge in [-0.1, -0.05) is 42.5 Å². The van der Waals surface area contributed by atoms with Gasteiger partial charge in [-0.25, -0.2) is 4.98 Å². The Bertz CT molecular complexity index is 1200. The van der Waals surface area contributed by atoms with Crippen molar-refractivity contribution >= 4 is 32.7 Å². The molecule has 0 N–H and O–H groups in total. The van der Waals surface area contributed by atoms with Crippen molar-refractivity contribution in [1.29, 1.82) is 0 Å². The van der Waals surface area contributed by atoms with Crippen LogP contribution in [0.5, 0.6) is 0 Å². The summed E-state index contributed by atoms with van der Waals surface area (Å²) in [5, 5.41) is 3.34. The van der Waals surface area contributed by atoms with Gasteiger partial charge in [0.15, 0.2) is 0 Å². The number of para-hydroxylation sites is 1. The molecule has 0 spiro atoms. The molecule has 0 bridgehead atoms. The first kappa shape index (κ1) is 13.1. The first-order chi connectivity index (χ1) is 11.9. The zero-order valence-corrected chi connectivity index (χ0v) is 12.8. The van der Waals surface area contributed by atoms with Crippen molar-refractivity contribution in [2.24, 2.45) is 0 Å². The lowest BCUT2D eigenvalue weighted by atomic mass is 9.96. The summed E-state index contributed by atoms with van der Waals surface area (Å²) in [6, 6.07) is 20.6. The lowest BCUT2D eigenvalue weighted by molar-refractivity contribution is 1.33. The Hall–Kier alpha value is -3.33. The number of fused-ring (bicyclic) bond motifs is 4. The number of hydrogen-bond donors (Lipinski definition) is 0. The van der Waals surface area contributed by atoms with E-state index in [0.717, 1.165) is 43.8 Å². The Morgan fingerprint density at radius 1 is 0.667 bits per heavy atom. The molecule has 0 saturated heterocycles. The molecule has 112 valence electrons. The summed E-state index contributed by atoms with van der Waals surface area (Å²) in [5.41, 5.74) is 5.10. The Labute approximate surface area is 138 Å². The van der Waals surface area contributed by atoms with Crippen LogP contribution in [0, 0.1) is 0 Å². The average molecular weight is 307 g/mol. The minimum atomic E-state index is 0.936. The van der Waals surface area contributed by atoms with Gasteiger partial charge in [0.05, 0.1) is 16.6 Å². The fourth-order valence-electron chi connectivity index (χ4n) is 3.31. The molecule has 5 aromatic rings. The molecule has 3 heteroatoms. The zero-order valence-electron chi connectivity index (χ0n) is 12.8. The molecule has 2 aromatic carbocycles. The smallest absolute Gasteiger partial charge is 0.0978 e. The lowest BCUT2D eigenvalue weighted by Crippen LogP contribution is -1.91. The van der Waals surface area contributed by atoms with E-state index in [-0.39, 0.29) is 0 Å². The number of rotatable bonds is 1. The molecule has 24 heavy (non-hydrogen) atoms. The Morgan fingerprint density at radius 3 is 2.50 bits per heavy atom. The number of aromatic nitrogens is 3. The summed E-state index contributed by atoms with van der Waals surface area (Å²) in [4.78, 5) is 13.8. The van der Waals surface area contributed by atoms with Crippen LogP contribution in [0.15, 0.2) is 79.3 Å². The minimum Gasteiger partial charge on any atom is -0.264 e. The summed E-state index contributed by atoms with van der Waals surface area (Å²) in [7, 11) is 0. The monoisotopic (exact) mass is 307 g/mol. The van der Waals surface area contributed by atoms with Gasteiger partial charge in [-0.05, 0) is 18.2 Å². The van der Waals surface area contributed by atoms with Crippen molar-refractivity contribution in [3.63, 3.8) is 0 Å². The van der Waals surface area contributed by atoms with Gasteiger partial charge >= 0.3 is 0 Å². The van der Waals surface area contributed by atoms with Crippen LogP contribution in [0.4, 0.5) is 0 Å². The van der Waals surface area contributed by atoms with E-state index in [1.807, 2.05) is 30.6 Å². The SMILES string of the molecule is c1cncc(-c2c3ccccc3nc3c2ccc2cccnc23)c1. The molecule has 3 heterocycles. The van der Waals surface area contributed by atoms with Gasteiger partial charge < -0.3 is 0 Å². The van der Waals surface area contributed by atoms with Crippen LogP contribution < -0.4 is 0 Å². The van der Waals surface area contributed by atoms with Crippen LogP contribution in [0.2, 0.25) is 0 Å². The van der Waals surface area contributed by atoms with Crippen molar-refractivity contribution < 1.29 is 0 Å². The van der Waals surface area contributed by atoms with E-state index in [2.05, 4.69) is 52.4 Å². The van der Waals surface area contributed by atoms with E-state index >= 15 is 0 Å². The lowest BCUT2D eigenvalue weighted by Gasteiger charge is -2.12. The van der Waals surface area contributed by atoms with Crippen molar-refractivity contribution in [3.05, 3.63) is 79.3 Å². The van der Waals surface area contributed by atoms with E-state index < -0.39 is 0 Å². The summed E-state index contributed by atoms with van der Waals surface area (Å²) in [6.45, 7) is 0. The van der Waals surface area contributed by atoms with Gasteiger partial charge in [-0.15, -0.1) is 0 Å². The van der Waals surface area contributed by atoms with E-state index in [1.54, 1.807) is 6.20 Å². The standard InChI is InChI=1S/C21H13N3/c1-2-8-18-16(7-1)19(15-6-3-11-22-13-15)17-10-9-14-5-4-12-23-20(14)21(17)24-18/h1-13H. The first-order valence-corrected chi connectivity index (χ1v) is 7.88. The maximum absolute atomic E-state index is 4.91. The van der Waals surface area contributed by atoms with Gasteiger partial charge in [-0.2, -0.15) is 0 Å². The third-order valence-electron chi connectivity index (χ3n) is 4.37. The topological polar surface area (TPSA) is 38.7 Å². The maximum atomic E-state index is 4.91. The van der Waals surface area contributed by atoms with Crippen molar-refractivity contribution in [2.45, 2.75) is 0 Å². The Morgan fingerprint density at radius 2 is 1.58 bits per heavy atom. The largest absolute Gasteiger partial charge is 0.264 e. The number of hydrogen-bond acceptors (Lipinski definition) is 3. The van der Waals surface area contributed by atoms with Gasteiger partial charge in [0.25, 0.3) is 0 Å². The highest BCUT2D eigenvalue weighted by molar-refractivity contribution is 6.15. The summed E-state index contributed by atoms with van der Waals surface area (Å²) >= 11 is 0. The van der Waals surface area contributed by atoms with Gasteiger partial charge in [-0.3, -0.25) is 9.97 Å². The summed E-state index contributed by atoms with van der Waals surface area (Å²) in [6.07, 6.45) is 5.53. The number of pyridine rings is 3. The molecule has 0 aliphatic carbocycles. The number of benzene rings is 2. The minimum absolute atomic E-state index is 0.936. The van der Waals surface area contributed by atoms with Crippen LogP contribution in [0.3, 0.4) is 0 Å². The molecule has 0 aliphatic heterocycles. The summed E-state index contributed by atoms with van der Waals surface area (Å²) in [5.74, 6) is 0. The fraction of sp³-hybridized carbons (Fsp3) is 0. The molecular weight excluding hydrogens is 294 g/mol. The van der Waals surface area contributed by atoms with Crippen LogP contribution in [0.1, 0.15) is 0 Å². The van der Waals surface area contributed by atoms with Crippen molar-refractivity contribution in [1.82, 2.24) is 15.0 Å². The highest BCUT2D eigenvalue weighted by Gasteiger charge is 2.13. The maximum Gasteiger partial charge on any atom is 0.0978 e. The Balaban J connectivity index is 2.05. The molecule has 0 unspecified atom stereocenters. The Kier molecular flexibility index (Phi) is 2.79. The molecule has 0 saturated carbocycles. The molecule has 0 aliphatic rings.